The Bertz CT molecular complexity index is 572. The van der Waals surface area contributed by atoms with Crippen LogP contribution in [0, 0.1) is 5.82 Å². The second-order valence-electron chi connectivity index (χ2n) is 4.46. The van der Waals surface area contributed by atoms with Crippen molar-refractivity contribution < 1.29 is 35.5 Å². The molecule has 23 heavy (non-hydrogen) atoms. The van der Waals surface area contributed by atoms with Crippen LogP contribution in [-0.2, 0) is 0 Å². The van der Waals surface area contributed by atoms with Crippen molar-refractivity contribution in [2.45, 2.75) is 31.2 Å². The number of hydrogen-bond donors (Lipinski definition) is 2. The van der Waals surface area contributed by atoms with Crippen LogP contribution >= 0.6 is 11.6 Å². The molecule has 0 aliphatic heterocycles. The van der Waals surface area contributed by atoms with Gasteiger partial charge in [-0.25, -0.2) is 9.18 Å². The van der Waals surface area contributed by atoms with Crippen molar-refractivity contribution in [2.24, 2.45) is 0 Å². The Balaban J connectivity index is 3.05. The maximum Gasteiger partial charge on any atom is 0.420 e. The number of halogens is 8. The predicted octanol–water partition coefficient (Wildman–Crippen LogP) is 4.87. The van der Waals surface area contributed by atoms with Crippen LogP contribution in [0.2, 0.25) is 5.02 Å². The summed E-state index contributed by atoms with van der Waals surface area (Å²) in [4.78, 5) is 11.5. The smallest absolute Gasteiger partial charge is 0.316 e. The number of rotatable bonds is 3. The molecule has 0 aliphatic carbocycles. The fourth-order valence-corrected chi connectivity index (χ4v) is 1.90. The van der Waals surface area contributed by atoms with E-state index >= 15 is 0 Å². The molecule has 130 valence electrons. The van der Waals surface area contributed by atoms with Crippen molar-refractivity contribution in [3.63, 3.8) is 0 Å². The van der Waals surface area contributed by atoms with Gasteiger partial charge in [0.1, 0.15) is 5.82 Å². The molecular formula is C12H10ClF7N2O. The van der Waals surface area contributed by atoms with Crippen LogP contribution < -0.4 is 10.6 Å². The van der Waals surface area contributed by atoms with Crippen molar-refractivity contribution in [3.05, 3.63) is 29.0 Å². The molecule has 2 amide bonds. The minimum Gasteiger partial charge on any atom is -0.316 e. The first kappa shape index (κ1) is 19.3. The van der Waals surface area contributed by atoms with Crippen molar-refractivity contribution >= 4 is 23.3 Å². The highest BCUT2D eigenvalue weighted by Crippen LogP contribution is 2.45. The molecule has 0 bridgehead atoms. The Morgan fingerprint density at radius 3 is 2.04 bits per heavy atom. The van der Waals surface area contributed by atoms with E-state index in [2.05, 4.69) is 0 Å². The molecule has 0 atom stereocenters. The molecule has 0 heterocycles. The zero-order valence-corrected chi connectivity index (χ0v) is 12.1. The summed E-state index contributed by atoms with van der Waals surface area (Å²) < 4.78 is 90.0. The molecule has 0 saturated heterocycles. The molecule has 0 radical (unpaired) electrons. The summed E-state index contributed by atoms with van der Waals surface area (Å²) in [5.41, 5.74) is -4.68. The van der Waals surface area contributed by atoms with E-state index in [0.29, 0.717) is 6.92 Å². The van der Waals surface area contributed by atoms with Crippen LogP contribution in [0.25, 0.3) is 0 Å². The molecule has 2 N–H and O–H groups in total. The normalized spacial score (nSPS) is 12.9. The lowest BCUT2D eigenvalue weighted by Gasteiger charge is -2.37. The molecular weight excluding hydrogens is 357 g/mol. The van der Waals surface area contributed by atoms with Gasteiger partial charge < -0.3 is 10.6 Å². The molecule has 1 rings (SSSR count). The van der Waals surface area contributed by atoms with Crippen LogP contribution in [0.5, 0.6) is 0 Å². The number of nitrogens with one attached hydrogen (secondary N) is 2. The third-order valence-corrected chi connectivity index (χ3v) is 3.29. The highest BCUT2D eigenvalue weighted by molar-refractivity contribution is 6.31. The summed E-state index contributed by atoms with van der Waals surface area (Å²) in [7, 11) is 0. The number of carbonyl (C=O) groups excluding carboxylic acids is 1. The molecule has 0 aromatic heterocycles. The van der Waals surface area contributed by atoms with Gasteiger partial charge in [0.25, 0.3) is 0 Å². The van der Waals surface area contributed by atoms with E-state index in [-0.39, 0.29) is 5.69 Å². The zero-order valence-electron chi connectivity index (χ0n) is 11.4. The second-order valence-corrected chi connectivity index (χ2v) is 4.87. The van der Waals surface area contributed by atoms with Gasteiger partial charge in [-0.3, -0.25) is 0 Å². The van der Waals surface area contributed by atoms with Crippen LogP contribution in [-0.4, -0.2) is 23.9 Å². The topological polar surface area (TPSA) is 41.1 Å². The first-order valence-electron chi connectivity index (χ1n) is 6.01. The predicted molar refractivity (Wildman–Crippen MR) is 68.7 cm³/mol. The van der Waals surface area contributed by atoms with Gasteiger partial charge in [0, 0.05) is 5.69 Å². The zero-order chi connectivity index (χ0) is 18.1. The second kappa shape index (κ2) is 6.42. The van der Waals surface area contributed by atoms with Crippen LogP contribution in [0.4, 0.5) is 41.2 Å². The van der Waals surface area contributed by atoms with E-state index in [1.807, 2.05) is 0 Å². The van der Waals surface area contributed by atoms with Gasteiger partial charge in [-0.1, -0.05) is 18.5 Å². The Hall–Kier alpha value is -1.71. The molecule has 1 aromatic rings. The molecule has 1 aromatic carbocycles. The molecule has 11 heteroatoms. The van der Waals surface area contributed by atoms with Gasteiger partial charge in [-0.05, 0) is 24.6 Å². The summed E-state index contributed by atoms with van der Waals surface area (Å²) >= 11 is 5.40. The monoisotopic (exact) mass is 366 g/mol. The Labute approximate surface area is 130 Å². The fraction of sp³-hybridized carbons (Fsp3) is 0.417. The highest BCUT2D eigenvalue weighted by atomic mass is 35.5. The number of hydrogen-bond acceptors (Lipinski definition) is 1. The quantitative estimate of drug-likeness (QED) is 0.736. The lowest BCUT2D eigenvalue weighted by molar-refractivity contribution is -0.304. The average Bonchev–Trinajstić information content (AvgIpc) is 2.37. The van der Waals surface area contributed by atoms with Crippen LogP contribution in [0.15, 0.2) is 18.2 Å². The first-order valence-corrected chi connectivity index (χ1v) is 6.39. The number of alkyl halides is 6. The molecule has 0 spiro atoms. The van der Waals surface area contributed by atoms with Crippen molar-refractivity contribution in [3.8, 4) is 0 Å². The highest BCUT2D eigenvalue weighted by Gasteiger charge is 2.70. The van der Waals surface area contributed by atoms with Crippen molar-refractivity contribution in [2.75, 3.05) is 5.32 Å². The summed E-state index contributed by atoms with van der Waals surface area (Å²) in [6.45, 7) is 0.635. The summed E-state index contributed by atoms with van der Waals surface area (Å²) in [6.07, 6.45) is -13.0. The maximum atomic E-state index is 12.9. The fourth-order valence-electron chi connectivity index (χ4n) is 1.72. The van der Waals surface area contributed by atoms with E-state index in [0.717, 1.165) is 23.5 Å². The lowest BCUT2D eigenvalue weighted by atomic mass is 9.94. The number of urea groups is 1. The first-order chi connectivity index (χ1) is 10.3. The van der Waals surface area contributed by atoms with Crippen LogP contribution in [0.3, 0.4) is 0 Å². The van der Waals surface area contributed by atoms with Gasteiger partial charge in [-0.15, -0.1) is 0 Å². The SMILES string of the molecule is CCC(NC(=O)Nc1ccc(F)c(Cl)c1)(C(F)(F)F)C(F)(F)F. The summed E-state index contributed by atoms with van der Waals surface area (Å²) in [5.74, 6) is -0.869. The molecule has 0 unspecified atom stereocenters. The summed E-state index contributed by atoms with van der Waals surface area (Å²) in [6, 6.07) is 0.795. The van der Waals surface area contributed by atoms with Crippen molar-refractivity contribution in [1.82, 2.24) is 5.32 Å². The lowest BCUT2D eigenvalue weighted by Crippen LogP contribution is -2.67. The van der Waals surface area contributed by atoms with Gasteiger partial charge in [0.05, 0.1) is 5.02 Å². The van der Waals surface area contributed by atoms with Crippen LogP contribution in [0.1, 0.15) is 13.3 Å². The van der Waals surface area contributed by atoms with E-state index in [1.165, 1.54) is 0 Å². The van der Waals surface area contributed by atoms with Gasteiger partial charge in [-0.2, -0.15) is 26.3 Å². The number of anilines is 1. The minimum absolute atomic E-state index is 0.275. The minimum atomic E-state index is -5.77. The molecule has 0 fully saturated rings. The summed E-state index contributed by atoms with van der Waals surface area (Å²) in [5, 5.41) is 2.19. The molecule has 0 saturated carbocycles. The van der Waals surface area contributed by atoms with E-state index in [1.54, 1.807) is 5.32 Å². The van der Waals surface area contributed by atoms with Gasteiger partial charge in [0.15, 0.2) is 0 Å². The number of benzene rings is 1. The van der Waals surface area contributed by atoms with E-state index in [4.69, 9.17) is 11.6 Å². The van der Waals surface area contributed by atoms with E-state index < -0.39 is 41.2 Å². The Morgan fingerprint density at radius 1 is 1.13 bits per heavy atom. The number of amides is 2. The third kappa shape index (κ3) is 3.98. The third-order valence-electron chi connectivity index (χ3n) is 3.00. The largest absolute Gasteiger partial charge is 0.420 e. The van der Waals surface area contributed by atoms with Gasteiger partial charge >= 0.3 is 18.4 Å². The number of carbonyl (C=O) groups is 1. The maximum absolute atomic E-state index is 12.9. The molecule has 0 aliphatic rings. The Kier molecular flexibility index (Phi) is 5.40. The average molecular weight is 367 g/mol. The standard InChI is InChI=1S/C12H10ClF7N2O/c1-2-10(11(15,16)17,12(18,19)20)22-9(23)21-6-3-4-8(14)7(13)5-6/h3-5H,2H2,1H3,(H2,21,22,23). The van der Waals surface area contributed by atoms with E-state index in [9.17, 15) is 35.5 Å². The van der Waals surface area contributed by atoms with Gasteiger partial charge in [0.2, 0.25) is 5.54 Å². The Morgan fingerprint density at radius 2 is 1.65 bits per heavy atom. The van der Waals surface area contributed by atoms with Crippen molar-refractivity contribution in [1.29, 1.82) is 0 Å². The molecule has 3 nitrogen and oxygen atoms in total.